The second kappa shape index (κ2) is 4.26. The molecule has 0 amide bonds. The normalized spacial score (nSPS) is 17.7. The highest BCUT2D eigenvalue weighted by molar-refractivity contribution is 5.35. The van der Waals surface area contributed by atoms with Crippen molar-refractivity contribution in [3.8, 4) is 5.75 Å². The third-order valence-electron chi connectivity index (χ3n) is 3.59. The smallest absolute Gasteiger partial charge is 0.115 e. The first kappa shape index (κ1) is 10.5. The second-order valence-corrected chi connectivity index (χ2v) is 4.78. The molecule has 15 heavy (non-hydrogen) atoms. The Morgan fingerprint density at radius 3 is 2.33 bits per heavy atom. The van der Waals surface area contributed by atoms with Crippen LogP contribution in [0.1, 0.15) is 51.0 Å². The average molecular weight is 204 g/mol. The lowest BCUT2D eigenvalue weighted by molar-refractivity contribution is 0.474. The Kier molecular flexibility index (Phi) is 2.99. The standard InChI is InChI=1S/C14H20O/c1-2-3-4-9-14(10-11-14)12-5-7-13(15)8-6-12/h5-8,15H,2-4,9-11H2,1H3. The van der Waals surface area contributed by atoms with Crippen molar-refractivity contribution in [3.63, 3.8) is 0 Å². The first-order valence-electron chi connectivity index (χ1n) is 6.06. The first-order valence-corrected chi connectivity index (χ1v) is 6.06. The minimum absolute atomic E-state index is 0.378. The third-order valence-corrected chi connectivity index (χ3v) is 3.59. The summed E-state index contributed by atoms with van der Waals surface area (Å²) in [6.45, 7) is 2.25. The fourth-order valence-electron chi connectivity index (χ4n) is 2.36. The van der Waals surface area contributed by atoms with Gasteiger partial charge in [-0.2, -0.15) is 0 Å². The van der Waals surface area contributed by atoms with Gasteiger partial charge in [-0.15, -0.1) is 0 Å². The van der Waals surface area contributed by atoms with Crippen molar-refractivity contribution in [2.75, 3.05) is 0 Å². The Labute approximate surface area is 92.1 Å². The average Bonchev–Trinajstić information content (AvgIpc) is 3.00. The molecule has 0 atom stereocenters. The summed E-state index contributed by atoms with van der Waals surface area (Å²) in [7, 11) is 0. The van der Waals surface area contributed by atoms with Gasteiger partial charge in [0.15, 0.2) is 0 Å². The van der Waals surface area contributed by atoms with Crippen LogP contribution in [0.4, 0.5) is 0 Å². The number of hydrogen-bond donors (Lipinski definition) is 1. The topological polar surface area (TPSA) is 20.2 Å². The molecule has 0 unspecified atom stereocenters. The molecule has 1 N–H and O–H groups in total. The van der Waals surface area contributed by atoms with Gasteiger partial charge in [0.05, 0.1) is 0 Å². The van der Waals surface area contributed by atoms with Crippen molar-refractivity contribution in [1.29, 1.82) is 0 Å². The highest BCUT2D eigenvalue weighted by atomic mass is 16.3. The van der Waals surface area contributed by atoms with Gasteiger partial charge < -0.3 is 5.11 Å². The molecule has 1 fully saturated rings. The molecule has 1 aromatic carbocycles. The largest absolute Gasteiger partial charge is 0.508 e. The van der Waals surface area contributed by atoms with E-state index in [-0.39, 0.29) is 0 Å². The van der Waals surface area contributed by atoms with E-state index >= 15 is 0 Å². The third kappa shape index (κ3) is 2.34. The highest BCUT2D eigenvalue weighted by Gasteiger charge is 2.43. The molecule has 1 nitrogen and oxygen atoms in total. The van der Waals surface area contributed by atoms with Crippen molar-refractivity contribution in [1.82, 2.24) is 0 Å². The number of phenolic OH excluding ortho intramolecular Hbond substituents is 1. The zero-order valence-electron chi connectivity index (χ0n) is 9.50. The van der Waals surface area contributed by atoms with Gasteiger partial charge in [0, 0.05) is 0 Å². The first-order chi connectivity index (χ1) is 7.27. The summed E-state index contributed by atoms with van der Waals surface area (Å²) < 4.78 is 0. The molecule has 0 spiro atoms. The van der Waals surface area contributed by atoms with Crippen LogP contribution in [0.2, 0.25) is 0 Å². The molecular formula is C14H20O. The maximum atomic E-state index is 9.26. The molecule has 82 valence electrons. The Hall–Kier alpha value is -0.980. The van der Waals surface area contributed by atoms with Crippen LogP contribution in [0.3, 0.4) is 0 Å². The minimum Gasteiger partial charge on any atom is -0.508 e. The van der Waals surface area contributed by atoms with E-state index in [2.05, 4.69) is 19.1 Å². The molecule has 1 saturated carbocycles. The van der Waals surface area contributed by atoms with Crippen molar-refractivity contribution in [2.24, 2.45) is 0 Å². The van der Waals surface area contributed by atoms with Gasteiger partial charge in [-0.3, -0.25) is 0 Å². The molecule has 0 bridgehead atoms. The van der Waals surface area contributed by atoms with Crippen LogP contribution in [-0.4, -0.2) is 5.11 Å². The van der Waals surface area contributed by atoms with Crippen molar-refractivity contribution in [2.45, 2.75) is 50.9 Å². The summed E-state index contributed by atoms with van der Waals surface area (Å²) in [6, 6.07) is 7.81. The predicted octanol–water partition coefficient (Wildman–Crippen LogP) is 4.00. The molecule has 1 aliphatic carbocycles. The molecule has 1 aliphatic rings. The highest BCUT2D eigenvalue weighted by Crippen LogP contribution is 2.52. The van der Waals surface area contributed by atoms with Crippen molar-refractivity contribution in [3.05, 3.63) is 29.8 Å². The summed E-state index contributed by atoms with van der Waals surface area (Å²) in [5, 5.41) is 9.26. The van der Waals surface area contributed by atoms with Gasteiger partial charge in [-0.25, -0.2) is 0 Å². The van der Waals surface area contributed by atoms with E-state index in [1.807, 2.05) is 12.1 Å². The Morgan fingerprint density at radius 2 is 1.80 bits per heavy atom. The SMILES string of the molecule is CCCCCC1(c2ccc(O)cc2)CC1. The number of rotatable bonds is 5. The summed E-state index contributed by atoms with van der Waals surface area (Å²) in [5.74, 6) is 0.378. The number of aromatic hydroxyl groups is 1. The molecule has 2 rings (SSSR count). The quantitative estimate of drug-likeness (QED) is 0.719. The van der Waals surface area contributed by atoms with Gasteiger partial charge in [-0.1, -0.05) is 38.3 Å². The maximum Gasteiger partial charge on any atom is 0.115 e. The summed E-state index contributed by atoms with van der Waals surface area (Å²) in [5.41, 5.74) is 1.90. The number of unbranched alkanes of at least 4 members (excludes halogenated alkanes) is 2. The molecule has 1 heteroatoms. The van der Waals surface area contributed by atoms with E-state index in [9.17, 15) is 5.11 Å². The fraction of sp³-hybridized carbons (Fsp3) is 0.571. The minimum atomic E-state index is 0.378. The van der Waals surface area contributed by atoms with Gasteiger partial charge in [0.25, 0.3) is 0 Å². The van der Waals surface area contributed by atoms with Crippen LogP contribution in [0, 0.1) is 0 Å². The van der Waals surface area contributed by atoms with Crippen LogP contribution < -0.4 is 0 Å². The Morgan fingerprint density at radius 1 is 1.13 bits per heavy atom. The Balaban J connectivity index is 1.99. The lowest BCUT2D eigenvalue weighted by Crippen LogP contribution is -2.05. The van der Waals surface area contributed by atoms with Gasteiger partial charge >= 0.3 is 0 Å². The van der Waals surface area contributed by atoms with Crippen molar-refractivity contribution >= 4 is 0 Å². The van der Waals surface area contributed by atoms with Crippen LogP contribution in [-0.2, 0) is 5.41 Å². The monoisotopic (exact) mass is 204 g/mol. The maximum absolute atomic E-state index is 9.26. The molecule has 0 saturated heterocycles. The van der Waals surface area contributed by atoms with Crippen LogP contribution >= 0.6 is 0 Å². The molecule has 1 aromatic rings. The molecule has 0 aliphatic heterocycles. The molecule has 0 radical (unpaired) electrons. The van der Waals surface area contributed by atoms with E-state index in [1.54, 1.807) is 0 Å². The van der Waals surface area contributed by atoms with Crippen LogP contribution in [0.25, 0.3) is 0 Å². The Bertz CT molecular complexity index is 309. The molecule has 0 heterocycles. The number of hydrogen-bond acceptors (Lipinski definition) is 1. The summed E-state index contributed by atoms with van der Waals surface area (Å²) >= 11 is 0. The molecular weight excluding hydrogens is 184 g/mol. The van der Waals surface area contributed by atoms with E-state index in [4.69, 9.17) is 0 Å². The fourth-order valence-corrected chi connectivity index (χ4v) is 2.36. The van der Waals surface area contributed by atoms with Crippen LogP contribution in [0.15, 0.2) is 24.3 Å². The van der Waals surface area contributed by atoms with E-state index in [0.717, 1.165) is 0 Å². The second-order valence-electron chi connectivity index (χ2n) is 4.78. The lowest BCUT2D eigenvalue weighted by atomic mass is 9.90. The lowest BCUT2D eigenvalue weighted by Gasteiger charge is -2.15. The number of phenols is 1. The zero-order chi connectivity index (χ0) is 10.7. The van der Waals surface area contributed by atoms with E-state index < -0.39 is 0 Å². The zero-order valence-corrected chi connectivity index (χ0v) is 9.50. The summed E-state index contributed by atoms with van der Waals surface area (Å²) in [6.07, 6.45) is 7.98. The van der Waals surface area contributed by atoms with Crippen LogP contribution in [0.5, 0.6) is 5.75 Å². The van der Waals surface area contributed by atoms with E-state index in [1.165, 1.54) is 44.1 Å². The van der Waals surface area contributed by atoms with E-state index in [0.29, 0.717) is 11.2 Å². The van der Waals surface area contributed by atoms with Gasteiger partial charge in [0.1, 0.15) is 5.75 Å². The predicted molar refractivity (Wildman–Crippen MR) is 63.2 cm³/mol. The summed E-state index contributed by atoms with van der Waals surface area (Å²) in [4.78, 5) is 0. The van der Waals surface area contributed by atoms with Gasteiger partial charge in [0.2, 0.25) is 0 Å². The molecule has 0 aromatic heterocycles. The number of benzene rings is 1. The van der Waals surface area contributed by atoms with Gasteiger partial charge in [-0.05, 0) is 42.4 Å². The van der Waals surface area contributed by atoms with Crippen molar-refractivity contribution < 1.29 is 5.11 Å².